The van der Waals surface area contributed by atoms with Gasteiger partial charge in [-0.1, -0.05) is 24.3 Å². The zero-order valence-electron chi connectivity index (χ0n) is 19.6. The fourth-order valence-corrected chi connectivity index (χ4v) is 4.01. The first-order valence-corrected chi connectivity index (χ1v) is 11.0. The summed E-state index contributed by atoms with van der Waals surface area (Å²) in [7, 11) is 5.74. The molecule has 4 aromatic rings. The molecule has 4 rings (SSSR count). The number of benzene rings is 2. The second-order valence-electron chi connectivity index (χ2n) is 8.25. The Bertz CT molecular complexity index is 1270. The van der Waals surface area contributed by atoms with E-state index in [0.717, 1.165) is 40.1 Å². The summed E-state index contributed by atoms with van der Waals surface area (Å²) in [5.41, 5.74) is 4.16. The van der Waals surface area contributed by atoms with E-state index < -0.39 is 0 Å². The second kappa shape index (κ2) is 9.54. The smallest absolute Gasteiger partial charge is 0.179 e. The zero-order valence-corrected chi connectivity index (χ0v) is 19.6. The molecule has 33 heavy (non-hydrogen) atoms. The Morgan fingerprint density at radius 3 is 2.61 bits per heavy atom. The monoisotopic (exact) mass is 448 g/mol. The van der Waals surface area contributed by atoms with Crippen molar-refractivity contribution in [1.82, 2.24) is 25.3 Å². The van der Waals surface area contributed by atoms with E-state index in [1.165, 1.54) is 12.1 Å². The molecule has 0 aliphatic heterocycles. The Labute approximate surface area is 193 Å². The molecular formula is C25H29FN6O. The van der Waals surface area contributed by atoms with Gasteiger partial charge in [0.2, 0.25) is 0 Å². The van der Waals surface area contributed by atoms with Crippen molar-refractivity contribution in [3.05, 3.63) is 71.3 Å². The molecular weight excluding hydrogens is 419 g/mol. The van der Waals surface area contributed by atoms with Crippen molar-refractivity contribution in [2.45, 2.75) is 26.4 Å². The molecule has 2 heterocycles. The first-order valence-electron chi connectivity index (χ1n) is 11.0. The third-order valence-electron chi connectivity index (χ3n) is 5.65. The van der Waals surface area contributed by atoms with Crippen molar-refractivity contribution < 1.29 is 9.13 Å². The number of nitrogens with zero attached hydrogens (tertiary/aromatic N) is 5. The minimum absolute atomic E-state index is 0.278. The number of nitrogens with one attached hydrogen (secondary N) is 1. The van der Waals surface area contributed by atoms with E-state index in [4.69, 9.17) is 9.84 Å². The minimum Gasteiger partial charge on any atom is -0.483 e. The van der Waals surface area contributed by atoms with Crippen LogP contribution in [0, 0.1) is 19.7 Å². The lowest BCUT2D eigenvalue weighted by Crippen LogP contribution is -2.17. The van der Waals surface area contributed by atoms with E-state index in [2.05, 4.69) is 15.5 Å². The number of rotatable bonds is 8. The van der Waals surface area contributed by atoms with Gasteiger partial charge in [0.1, 0.15) is 28.9 Å². The molecule has 0 unspecified atom stereocenters. The third-order valence-corrected chi connectivity index (χ3v) is 5.65. The maximum absolute atomic E-state index is 13.9. The van der Waals surface area contributed by atoms with Crippen molar-refractivity contribution in [2.24, 2.45) is 0 Å². The summed E-state index contributed by atoms with van der Waals surface area (Å²) in [6.07, 6.45) is 0.369. The van der Waals surface area contributed by atoms with Gasteiger partial charge in [0.25, 0.3) is 0 Å². The Morgan fingerprint density at radius 2 is 1.88 bits per heavy atom. The van der Waals surface area contributed by atoms with Crippen LogP contribution in [0.4, 0.5) is 10.2 Å². The van der Waals surface area contributed by atoms with Crippen LogP contribution in [-0.2, 0) is 0 Å². The van der Waals surface area contributed by atoms with Crippen LogP contribution in [0.25, 0.3) is 16.6 Å². The number of aromatic nitrogens is 4. The van der Waals surface area contributed by atoms with E-state index >= 15 is 0 Å². The first kappa shape index (κ1) is 22.7. The number of ether oxygens (including phenoxy) is 1. The maximum atomic E-state index is 13.9. The largest absolute Gasteiger partial charge is 0.483 e. The summed E-state index contributed by atoms with van der Waals surface area (Å²) in [5.74, 6) is 1.10. The Hall–Kier alpha value is -3.52. The topological polar surface area (TPSA) is 68.1 Å². The summed E-state index contributed by atoms with van der Waals surface area (Å²) in [6.45, 7) is 4.69. The van der Waals surface area contributed by atoms with Crippen molar-refractivity contribution >= 4 is 16.7 Å². The molecule has 0 spiro atoms. The predicted octanol–water partition coefficient (Wildman–Crippen LogP) is 4.37. The quantitative estimate of drug-likeness (QED) is 0.432. The van der Waals surface area contributed by atoms with E-state index in [9.17, 15) is 4.39 Å². The molecule has 172 valence electrons. The average Bonchev–Trinajstić information content (AvgIpc) is 3.14. The molecule has 0 aliphatic carbocycles. The third kappa shape index (κ3) is 4.52. The number of fused-ring (bicyclic) bond motifs is 1. The SMILES string of the molecule is CNCC[C@H](Oc1ccccc1-n1nc2c(N(C)C)nnc(C)c2c1C)c1cccc(F)c1. The number of para-hydroxylation sites is 2. The Kier molecular flexibility index (Phi) is 6.55. The highest BCUT2D eigenvalue weighted by molar-refractivity contribution is 5.92. The van der Waals surface area contributed by atoms with Crippen LogP contribution in [0.3, 0.4) is 0 Å². The molecule has 0 saturated heterocycles. The molecule has 8 heteroatoms. The molecule has 0 saturated carbocycles. The van der Waals surface area contributed by atoms with Crippen molar-refractivity contribution in [2.75, 3.05) is 32.6 Å². The Morgan fingerprint density at radius 1 is 1.09 bits per heavy atom. The molecule has 0 radical (unpaired) electrons. The highest BCUT2D eigenvalue weighted by Crippen LogP contribution is 2.34. The van der Waals surface area contributed by atoms with Crippen LogP contribution in [0.1, 0.15) is 29.5 Å². The van der Waals surface area contributed by atoms with Gasteiger partial charge < -0.3 is 15.0 Å². The van der Waals surface area contributed by atoms with Crippen LogP contribution in [0.5, 0.6) is 5.75 Å². The molecule has 0 amide bonds. The summed E-state index contributed by atoms with van der Waals surface area (Å²) in [5, 5.41) is 17.7. The molecule has 7 nitrogen and oxygen atoms in total. The van der Waals surface area contributed by atoms with E-state index in [-0.39, 0.29) is 11.9 Å². The lowest BCUT2D eigenvalue weighted by atomic mass is 10.1. The molecule has 1 atom stereocenters. The fraction of sp³-hybridized carbons (Fsp3) is 0.320. The Balaban J connectivity index is 1.80. The molecule has 2 aromatic carbocycles. The van der Waals surface area contributed by atoms with E-state index in [1.807, 2.05) is 74.9 Å². The van der Waals surface area contributed by atoms with Crippen LogP contribution in [-0.4, -0.2) is 47.7 Å². The second-order valence-corrected chi connectivity index (χ2v) is 8.25. The van der Waals surface area contributed by atoms with Gasteiger partial charge in [-0.2, -0.15) is 10.2 Å². The number of anilines is 1. The standard InChI is InChI=1S/C25H29FN6O/c1-16-23-17(2)32(30-24(23)25(29-28-16)31(4)5)20-11-6-7-12-22(20)33-21(13-14-27-3)18-9-8-10-19(26)15-18/h6-12,15,21,27H,13-14H2,1-5H3/t21-/m0/s1. The number of aryl methyl sites for hydroxylation is 2. The van der Waals surface area contributed by atoms with Gasteiger partial charge >= 0.3 is 0 Å². The van der Waals surface area contributed by atoms with Crippen LogP contribution in [0.15, 0.2) is 48.5 Å². The summed E-state index contributed by atoms with van der Waals surface area (Å²) < 4.78 is 22.3. The van der Waals surface area contributed by atoms with Crippen LogP contribution >= 0.6 is 0 Å². The normalized spacial score (nSPS) is 12.2. The fourth-order valence-electron chi connectivity index (χ4n) is 4.01. The van der Waals surface area contributed by atoms with Crippen LogP contribution < -0.4 is 15.0 Å². The van der Waals surface area contributed by atoms with Crippen molar-refractivity contribution in [3.8, 4) is 11.4 Å². The van der Waals surface area contributed by atoms with Gasteiger partial charge in [0.05, 0.1) is 16.8 Å². The minimum atomic E-state index is -0.318. The van der Waals surface area contributed by atoms with Crippen LogP contribution in [0.2, 0.25) is 0 Å². The van der Waals surface area contributed by atoms with Gasteiger partial charge in [-0.3, -0.25) is 0 Å². The first-order chi connectivity index (χ1) is 15.9. The lowest BCUT2D eigenvalue weighted by molar-refractivity contribution is 0.194. The van der Waals surface area contributed by atoms with Gasteiger partial charge in [-0.05, 0) is 57.3 Å². The molecule has 0 fully saturated rings. The average molecular weight is 449 g/mol. The predicted molar refractivity (Wildman–Crippen MR) is 129 cm³/mol. The highest BCUT2D eigenvalue weighted by Gasteiger charge is 2.21. The van der Waals surface area contributed by atoms with Gasteiger partial charge in [-0.25, -0.2) is 9.07 Å². The van der Waals surface area contributed by atoms with Crippen molar-refractivity contribution in [1.29, 1.82) is 0 Å². The number of hydrogen-bond acceptors (Lipinski definition) is 6. The van der Waals surface area contributed by atoms with Crippen molar-refractivity contribution in [3.63, 3.8) is 0 Å². The molecule has 0 aliphatic rings. The summed E-state index contributed by atoms with van der Waals surface area (Å²) >= 11 is 0. The number of halogens is 1. The summed E-state index contributed by atoms with van der Waals surface area (Å²) in [6, 6.07) is 14.3. The van der Waals surface area contributed by atoms with E-state index in [1.54, 1.807) is 6.07 Å². The number of hydrogen-bond donors (Lipinski definition) is 1. The zero-order chi connectivity index (χ0) is 23.5. The lowest BCUT2D eigenvalue weighted by Gasteiger charge is -2.22. The summed E-state index contributed by atoms with van der Waals surface area (Å²) in [4.78, 5) is 1.91. The van der Waals surface area contributed by atoms with Gasteiger partial charge in [0, 0.05) is 20.5 Å². The molecule has 1 N–H and O–H groups in total. The van der Waals surface area contributed by atoms with Gasteiger partial charge in [-0.15, -0.1) is 5.10 Å². The van der Waals surface area contributed by atoms with E-state index in [0.29, 0.717) is 18.0 Å². The molecule has 0 bridgehead atoms. The highest BCUT2D eigenvalue weighted by atomic mass is 19.1. The van der Waals surface area contributed by atoms with Gasteiger partial charge in [0.15, 0.2) is 5.82 Å². The molecule has 2 aromatic heterocycles. The maximum Gasteiger partial charge on any atom is 0.179 e.